The van der Waals surface area contributed by atoms with Crippen molar-refractivity contribution in [1.29, 1.82) is 0 Å². The molecule has 0 bridgehead atoms. The molecular weight excluding hydrogens is 318 g/mol. The second-order valence-corrected chi connectivity index (χ2v) is 6.34. The lowest BCUT2D eigenvalue weighted by molar-refractivity contribution is 0.0730. The minimum atomic E-state index is 0.191. The summed E-state index contributed by atoms with van der Waals surface area (Å²) in [7, 11) is 0. The van der Waals surface area contributed by atoms with Crippen LogP contribution < -0.4 is 4.74 Å². The monoisotopic (exact) mass is 337 g/mol. The standard InChI is InChI=1S/C16H20BrNO2/c17-8-1-3-14-4-2-9-18(14)16(19)13-5-6-15-12(11-13)7-10-20-15/h5-6,11,14H,1-4,7-10H2. The van der Waals surface area contributed by atoms with Gasteiger partial charge in [0.1, 0.15) is 5.75 Å². The minimum Gasteiger partial charge on any atom is -0.493 e. The zero-order chi connectivity index (χ0) is 13.9. The number of carbonyl (C=O) groups excluding carboxylic acids is 1. The van der Waals surface area contributed by atoms with Crippen LogP contribution in [0.15, 0.2) is 18.2 Å². The molecule has 0 spiro atoms. The fraction of sp³-hybridized carbons (Fsp3) is 0.562. The van der Waals surface area contributed by atoms with Gasteiger partial charge in [-0.05, 0) is 49.4 Å². The Morgan fingerprint density at radius 3 is 3.20 bits per heavy atom. The normalized spacial score (nSPS) is 20.9. The van der Waals surface area contributed by atoms with E-state index in [0.717, 1.165) is 61.9 Å². The van der Waals surface area contributed by atoms with E-state index in [9.17, 15) is 4.79 Å². The average Bonchev–Trinajstić information content (AvgIpc) is 3.12. The molecule has 1 unspecified atom stereocenters. The van der Waals surface area contributed by atoms with Gasteiger partial charge >= 0.3 is 0 Å². The number of hydrogen-bond donors (Lipinski definition) is 0. The van der Waals surface area contributed by atoms with Gasteiger partial charge in [0.15, 0.2) is 0 Å². The topological polar surface area (TPSA) is 29.5 Å². The van der Waals surface area contributed by atoms with Crippen LogP contribution in [-0.4, -0.2) is 35.3 Å². The number of alkyl halides is 1. The zero-order valence-electron chi connectivity index (χ0n) is 11.6. The third kappa shape index (κ3) is 2.71. The van der Waals surface area contributed by atoms with Crippen molar-refractivity contribution in [2.75, 3.05) is 18.5 Å². The lowest BCUT2D eigenvalue weighted by Crippen LogP contribution is -2.35. The van der Waals surface area contributed by atoms with E-state index in [4.69, 9.17) is 4.74 Å². The van der Waals surface area contributed by atoms with Crippen LogP contribution in [0.2, 0.25) is 0 Å². The predicted octanol–water partition coefficient (Wildman–Crippen LogP) is 3.40. The molecule has 4 heteroatoms. The Labute approximate surface area is 128 Å². The van der Waals surface area contributed by atoms with Crippen molar-refractivity contribution in [1.82, 2.24) is 4.90 Å². The number of halogens is 1. The molecule has 2 heterocycles. The lowest BCUT2D eigenvalue weighted by Gasteiger charge is -2.24. The van der Waals surface area contributed by atoms with E-state index >= 15 is 0 Å². The molecule has 3 rings (SSSR count). The smallest absolute Gasteiger partial charge is 0.254 e. The van der Waals surface area contributed by atoms with Crippen LogP contribution in [0, 0.1) is 0 Å². The number of rotatable bonds is 4. The van der Waals surface area contributed by atoms with E-state index < -0.39 is 0 Å². The van der Waals surface area contributed by atoms with Crippen LogP contribution in [-0.2, 0) is 6.42 Å². The Kier molecular flexibility index (Phi) is 4.29. The summed E-state index contributed by atoms with van der Waals surface area (Å²) in [6.45, 7) is 1.64. The summed E-state index contributed by atoms with van der Waals surface area (Å²) >= 11 is 3.47. The fourth-order valence-corrected chi connectivity index (χ4v) is 3.53. The van der Waals surface area contributed by atoms with Crippen LogP contribution in [0.3, 0.4) is 0 Å². The van der Waals surface area contributed by atoms with Crippen molar-refractivity contribution in [3.8, 4) is 5.75 Å². The molecule has 0 saturated carbocycles. The third-order valence-electron chi connectivity index (χ3n) is 4.25. The molecule has 1 fully saturated rings. The quantitative estimate of drug-likeness (QED) is 0.788. The van der Waals surface area contributed by atoms with Gasteiger partial charge in [0.2, 0.25) is 0 Å². The predicted molar refractivity (Wildman–Crippen MR) is 82.7 cm³/mol. The van der Waals surface area contributed by atoms with Crippen molar-refractivity contribution >= 4 is 21.8 Å². The summed E-state index contributed by atoms with van der Waals surface area (Å²) in [6, 6.07) is 6.29. The van der Waals surface area contributed by atoms with Gasteiger partial charge in [-0.2, -0.15) is 0 Å². The number of carbonyl (C=O) groups is 1. The van der Waals surface area contributed by atoms with Gasteiger partial charge in [0.25, 0.3) is 5.91 Å². The first-order valence-corrected chi connectivity index (χ1v) is 8.54. The largest absolute Gasteiger partial charge is 0.493 e. The summed E-state index contributed by atoms with van der Waals surface area (Å²) in [4.78, 5) is 14.8. The molecule has 2 aliphatic rings. The molecule has 0 aliphatic carbocycles. The average molecular weight is 338 g/mol. The van der Waals surface area contributed by atoms with E-state index in [1.54, 1.807) is 0 Å². The van der Waals surface area contributed by atoms with Gasteiger partial charge in [-0.1, -0.05) is 15.9 Å². The van der Waals surface area contributed by atoms with Gasteiger partial charge in [-0.25, -0.2) is 0 Å². The Morgan fingerprint density at radius 2 is 2.35 bits per heavy atom. The van der Waals surface area contributed by atoms with Crippen LogP contribution in [0.4, 0.5) is 0 Å². The first kappa shape index (κ1) is 13.9. The van der Waals surface area contributed by atoms with E-state index in [-0.39, 0.29) is 5.91 Å². The van der Waals surface area contributed by atoms with Gasteiger partial charge in [-0.15, -0.1) is 0 Å². The molecule has 1 atom stereocenters. The molecule has 1 saturated heterocycles. The molecule has 0 aromatic heterocycles. The maximum absolute atomic E-state index is 12.7. The summed E-state index contributed by atoms with van der Waals surface area (Å²) in [5, 5.41) is 1.02. The Morgan fingerprint density at radius 1 is 1.45 bits per heavy atom. The highest BCUT2D eigenvalue weighted by atomic mass is 79.9. The van der Waals surface area contributed by atoms with E-state index in [0.29, 0.717) is 6.04 Å². The number of fused-ring (bicyclic) bond motifs is 1. The number of hydrogen-bond acceptors (Lipinski definition) is 2. The minimum absolute atomic E-state index is 0.191. The third-order valence-corrected chi connectivity index (χ3v) is 4.81. The van der Waals surface area contributed by atoms with Gasteiger partial charge < -0.3 is 9.64 Å². The molecule has 1 amide bonds. The van der Waals surface area contributed by atoms with Crippen molar-refractivity contribution in [3.05, 3.63) is 29.3 Å². The highest BCUT2D eigenvalue weighted by molar-refractivity contribution is 9.09. The van der Waals surface area contributed by atoms with Gasteiger partial charge in [0, 0.05) is 29.9 Å². The lowest BCUT2D eigenvalue weighted by atomic mass is 10.1. The van der Waals surface area contributed by atoms with Crippen molar-refractivity contribution in [2.45, 2.75) is 38.1 Å². The van der Waals surface area contributed by atoms with E-state index in [1.165, 1.54) is 5.56 Å². The molecule has 3 nitrogen and oxygen atoms in total. The molecule has 2 aliphatic heterocycles. The highest BCUT2D eigenvalue weighted by Crippen LogP contribution is 2.28. The van der Waals surface area contributed by atoms with Gasteiger partial charge in [0.05, 0.1) is 6.61 Å². The number of amides is 1. The molecule has 1 aromatic carbocycles. The Bertz CT molecular complexity index is 503. The Hall–Kier alpha value is -1.03. The van der Waals surface area contributed by atoms with E-state index in [1.807, 2.05) is 18.2 Å². The number of benzene rings is 1. The van der Waals surface area contributed by atoms with E-state index in [2.05, 4.69) is 20.8 Å². The number of nitrogens with zero attached hydrogens (tertiary/aromatic N) is 1. The summed E-state index contributed by atoms with van der Waals surface area (Å²) < 4.78 is 5.50. The molecule has 20 heavy (non-hydrogen) atoms. The van der Waals surface area contributed by atoms with Crippen molar-refractivity contribution < 1.29 is 9.53 Å². The summed E-state index contributed by atoms with van der Waals surface area (Å²) in [5.41, 5.74) is 1.99. The molecular formula is C16H20BrNO2. The summed E-state index contributed by atoms with van der Waals surface area (Å²) in [6.07, 6.45) is 5.43. The number of ether oxygens (including phenoxy) is 1. The second-order valence-electron chi connectivity index (χ2n) is 5.55. The van der Waals surface area contributed by atoms with Gasteiger partial charge in [-0.3, -0.25) is 4.79 Å². The fourth-order valence-electron chi connectivity index (χ4n) is 3.20. The zero-order valence-corrected chi connectivity index (χ0v) is 13.2. The van der Waals surface area contributed by atoms with Crippen molar-refractivity contribution in [3.63, 3.8) is 0 Å². The highest BCUT2D eigenvalue weighted by Gasteiger charge is 2.29. The molecule has 1 aromatic rings. The van der Waals surface area contributed by atoms with Crippen LogP contribution in [0.5, 0.6) is 5.75 Å². The van der Waals surface area contributed by atoms with Crippen LogP contribution >= 0.6 is 15.9 Å². The van der Waals surface area contributed by atoms with Crippen LogP contribution in [0.25, 0.3) is 0 Å². The Balaban J connectivity index is 1.74. The van der Waals surface area contributed by atoms with Crippen molar-refractivity contribution in [2.24, 2.45) is 0 Å². The first-order valence-electron chi connectivity index (χ1n) is 7.42. The molecule has 0 radical (unpaired) electrons. The molecule has 108 valence electrons. The summed E-state index contributed by atoms with van der Waals surface area (Å²) in [5.74, 6) is 1.13. The van der Waals surface area contributed by atoms with Crippen LogP contribution in [0.1, 0.15) is 41.6 Å². The maximum atomic E-state index is 12.7. The molecule has 0 N–H and O–H groups in total. The second kappa shape index (κ2) is 6.17. The first-order chi connectivity index (χ1) is 9.79. The maximum Gasteiger partial charge on any atom is 0.254 e. The number of likely N-dealkylation sites (tertiary alicyclic amines) is 1. The SMILES string of the molecule is O=C(c1ccc2c(c1)CCO2)N1CCCC1CCCBr.